The highest BCUT2D eigenvalue weighted by molar-refractivity contribution is 14.0. The Hall–Kier alpha value is -1.83. The van der Waals surface area contributed by atoms with E-state index >= 15 is 0 Å². The molecule has 2 rings (SSSR count). The summed E-state index contributed by atoms with van der Waals surface area (Å²) in [6.45, 7) is 2.54. The maximum Gasteiger partial charge on any atom is 0.193 e. The van der Waals surface area contributed by atoms with Crippen molar-refractivity contribution in [1.82, 2.24) is 4.98 Å². The molecule has 6 heteroatoms. The fourth-order valence-corrected chi connectivity index (χ4v) is 1.85. The Morgan fingerprint density at radius 1 is 1.32 bits per heavy atom. The van der Waals surface area contributed by atoms with Gasteiger partial charge in [-0.15, -0.1) is 24.0 Å². The van der Waals surface area contributed by atoms with Gasteiger partial charge in [-0.25, -0.2) is 4.99 Å². The van der Waals surface area contributed by atoms with Crippen molar-refractivity contribution in [1.29, 1.82) is 0 Å². The van der Waals surface area contributed by atoms with Gasteiger partial charge in [0.05, 0.1) is 25.5 Å². The average Bonchev–Trinajstić information content (AvgIpc) is 2.53. The number of aliphatic imine (C=N–C) groups is 1. The first kappa shape index (κ1) is 18.2. The molecule has 0 aliphatic carbocycles. The molecule has 0 fully saturated rings. The first-order valence-electron chi connectivity index (χ1n) is 6.86. The third kappa shape index (κ3) is 5.51. The fourth-order valence-electron chi connectivity index (χ4n) is 1.85. The number of nitrogens with zero attached hydrogens (tertiary/aromatic N) is 2. The van der Waals surface area contributed by atoms with Crippen LogP contribution in [0.2, 0.25) is 0 Å². The van der Waals surface area contributed by atoms with Gasteiger partial charge < -0.3 is 15.8 Å². The van der Waals surface area contributed by atoms with Crippen molar-refractivity contribution in [2.75, 3.05) is 12.4 Å². The van der Waals surface area contributed by atoms with Crippen LogP contribution < -0.4 is 15.8 Å². The van der Waals surface area contributed by atoms with E-state index in [1.165, 1.54) is 5.56 Å². The quantitative estimate of drug-likeness (QED) is 0.450. The van der Waals surface area contributed by atoms with Gasteiger partial charge in [0.15, 0.2) is 5.96 Å². The Bertz CT molecular complexity index is 614. The molecule has 1 aromatic heterocycles. The Kier molecular flexibility index (Phi) is 7.65. The predicted molar refractivity (Wildman–Crippen MR) is 101 cm³/mol. The van der Waals surface area contributed by atoms with Gasteiger partial charge >= 0.3 is 0 Å². The molecule has 118 valence electrons. The maximum atomic E-state index is 5.89. The Morgan fingerprint density at radius 3 is 2.77 bits per heavy atom. The number of aromatic nitrogens is 1. The Labute approximate surface area is 148 Å². The summed E-state index contributed by atoms with van der Waals surface area (Å²) in [6, 6.07) is 11.8. The van der Waals surface area contributed by atoms with Crippen molar-refractivity contribution in [2.24, 2.45) is 10.7 Å². The number of benzene rings is 1. The lowest BCUT2D eigenvalue weighted by Crippen LogP contribution is -2.22. The molecule has 0 aliphatic heterocycles. The minimum Gasteiger partial charge on any atom is -0.495 e. The first-order valence-corrected chi connectivity index (χ1v) is 6.86. The number of ether oxygens (including phenoxy) is 1. The molecular weight excluding hydrogens is 391 g/mol. The zero-order valence-electron chi connectivity index (χ0n) is 12.7. The van der Waals surface area contributed by atoms with Gasteiger partial charge in [-0.1, -0.05) is 19.1 Å². The molecular formula is C16H21IN4O. The number of methoxy groups -OCH3 is 1. The highest BCUT2D eigenvalue weighted by Crippen LogP contribution is 2.11. The normalized spacial score (nSPS) is 10.7. The number of aryl methyl sites for hydroxylation is 1. The highest BCUT2D eigenvalue weighted by atomic mass is 127. The standard InChI is InChI=1S/C16H20N4O.HI/c1-3-12-5-4-6-13(9-12)20-16(17)19-10-14-7-8-15(21-2)11-18-14;/h4-9,11H,3,10H2,1-2H3,(H3,17,19,20);1H. The van der Waals surface area contributed by atoms with E-state index in [1.54, 1.807) is 13.3 Å². The van der Waals surface area contributed by atoms with Crippen LogP contribution in [0.4, 0.5) is 5.69 Å². The first-order chi connectivity index (χ1) is 10.2. The van der Waals surface area contributed by atoms with Crippen molar-refractivity contribution >= 4 is 35.6 Å². The number of nitrogens with two attached hydrogens (primary N) is 1. The van der Waals surface area contributed by atoms with Gasteiger partial charge in [0.2, 0.25) is 0 Å². The molecule has 3 N–H and O–H groups in total. The minimum absolute atomic E-state index is 0. The van der Waals surface area contributed by atoms with Crippen molar-refractivity contribution in [2.45, 2.75) is 19.9 Å². The SMILES string of the molecule is CCc1cccc(NC(N)=NCc2ccc(OC)cn2)c1.I. The largest absolute Gasteiger partial charge is 0.495 e. The molecule has 0 saturated carbocycles. The lowest BCUT2D eigenvalue weighted by molar-refractivity contribution is 0.412. The second-order valence-electron chi connectivity index (χ2n) is 4.57. The van der Waals surface area contributed by atoms with E-state index in [2.05, 4.69) is 34.3 Å². The van der Waals surface area contributed by atoms with Crippen molar-refractivity contribution in [3.63, 3.8) is 0 Å². The summed E-state index contributed by atoms with van der Waals surface area (Å²) in [5, 5.41) is 3.08. The van der Waals surface area contributed by atoms with Crippen LogP contribution in [0.25, 0.3) is 0 Å². The van der Waals surface area contributed by atoms with E-state index in [9.17, 15) is 0 Å². The zero-order chi connectivity index (χ0) is 15.1. The maximum absolute atomic E-state index is 5.89. The number of rotatable bonds is 5. The summed E-state index contributed by atoms with van der Waals surface area (Å²) in [6.07, 6.45) is 2.65. The summed E-state index contributed by atoms with van der Waals surface area (Å²) in [4.78, 5) is 8.52. The number of hydrogen-bond donors (Lipinski definition) is 2. The molecule has 0 amide bonds. The van der Waals surface area contributed by atoms with E-state index in [-0.39, 0.29) is 24.0 Å². The van der Waals surface area contributed by atoms with Crippen LogP contribution in [0.15, 0.2) is 47.6 Å². The van der Waals surface area contributed by atoms with Crippen molar-refractivity contribution in [3.05, 3.63) is 53.9 Å². The van der Waals surface area contributed by atoms with Crippen LogP contribution in [0.3, 0.4) is 0 Å². The number of hydrogen-bond acceptors (Lipinski definition) is 3. The number of pyridine rings is 1. The lowest BCUT2D eigenvalue weighted by Gasteiger charge is -2.07. The molecule has 0 aliphatic rings. The molecule has 5 nitrogen and oxygen atoms in total. The molecule has 0 bridgehead atoms. The third-order valence-electron chi connectivity index (χ3n) is 3.05. The van der Waals surface area contributed by atoms with Gasteiger partial charge in [0.1, 0.15) is 5.75 Å². The van der Waals surface area contributed by atoms with Gasteiger partial charge in [-0.3, -0.25) is 4.98 Å². The summed E-state index contributed by atoms with van der Waals surface area (Å²) in [5.41, 5.74) is 8.92. The van der Waals surface area contributed by atoms with Crippen LogP contribution in [0.1, 0.15) is 18.2 Å². The lowest BCUT2D eigenvalue weighted by atomic mass is 10.1. The molecule has 1 aromatic carbocycles. The van der Waals surface area contributed by atoms with Crippen LogP contribution in [-0.4, -0.2) is 18.1 Å². The van der Waals surface area contributed by atoms with Gasteiger partial charge in [0.25, 0.3) is 0 Å². The van der Waals surface area contributed by atoms with Crippen LogP contribution in [0, 0.1) is 0 Å². The highest BCUT2D eigenvalue weighted by Gasteiger charge is 1.98. The molecule has 0 spiro atoms. The summed E-state index contributed by atoms with van der Waals surface area (Å²) in [5.74, 6) is 1.10. The van der Waals surface area contributed by atoms with Gasteiger partial charge in [0, 0.05) is 5.69 Å². The summed E-state index contributed by atoms with van der Waals surface area (Å²) < 4.78 is 5.06. The molecule has 1 heterocycles. The van der Waals surface area contributed by atoms with Crippen molar-refractivity contribution < 1.29 is 4.74 Å². The van der Waals surface area contributed by atoms with Crippen molar-refractivity contribution in [3.8, 4) is 5.75 Å². The molecule has 22 heavy (non-hydrogen) atoms. The Balaban J connectivity index is 0.00000242. The number of halogens is 1. The third-order valence-corrected chi connectivity index (χ3v) is 3.05. The molecule has 2 aromatic rings. The zero-order valence-corrected chi connectivity index (χ0v) is 15.1. The van der Waals surface area contributed by atoms with E-state index in [4.69, 9.17) is 10.5 Å². The van der Waals surface area contributed by atoms with Crippen LogP contribution in [0.5, 0.6) is 5.75 Å². The second-order valence-corrected chi connectivity index (χ2v) is 4.57. The number of guanidine groups is 1. The Morgan fingerprint density at radius 2 is 2.14 bits per heavy atom. The monoisotopic (exact) mass is 412 g/mol. The smallest absolute Gasteiger partial charge is 0.193 e. The summed E-state index contributed by atoms with van der Waals surface area (Å²) >= 11 is 0. The number of anilines is 1. The minimum atomic E-state index is 0. The molecule has 0 radical (unpaired) electrons. The molecule has 0 unspecified atom stereocenters. The average molecular weight is 412 g/mol. The number of nitrogens with one attached hydrogen (secondary N) is 1. The van der Waals surface area contributed by atoms with Gasteiger partial charge in [-0.2, -0.15) is 0 Å². The topological polar surface area (TPSA) is 72.5 Å². The van der Waals surface area contributed by atoms with E-state index in [1.807, 2.05) is 24.3 Å². The predicted octanol–water partition coefficient (Wildman–Crippen LogP) is 3.20. The van der Waals surface area contributed by atoms with E-state index < -0.39 is 0 Å². The van der Waals surface area contributed by atoms with Crippen LogP contribution >= 0.6 is 24.0 Å². The molecule has 0 atom stereocenters. The molecule has 0 saturated heterocycles. The fraction of sp³-hybridized carbons (Fsp3) is 0.250. The van der Waals surface area contributed by atoms with E-state index in [0.717, 1.165) is 23.6 Å². The van der Waals surface area contributed by atoms with Gasteiger partial charge in [-0.05, 0) is 36.2 Å². The van der Waals surface area contributed by atoms with Crippen LogP contribution in [-0.2, 0) is 13.0 Å². The summed E-state index contributed by atoms with van der Waals surface area (Å²) in [7, 11) is 1.61. The second kappa shape index (κ2) is 9.24. The van der Waals surface area contributed by atoms with E-state index in [0.29, 0.717) is 12.5 Å².